The van der Waals surface area contributed by atoms with Crippen LogP contribution in [0.3, 0.4) is 0 Å². The predicted octanol–water partition coefficient (Wildman–Crippen LogP) is 3.79. The average Bonchev–Trinajstić information content (AvgIpc) is 2.18. The Bertz CT molecular complexity index is 391. The van der Waals surface area contributed by atoms with Gasteiger partial charge in [-0.05, 0) is 23.8 Å². The fourth-order valence-corrected chi connectivity index (χ4v) is 1.53. The van der Waals surface area contributed by atoms with Gasteiger partial charge in [-0.1, -0.05) is 47.3 Å². The number of hydrogen-bond acceptors (Lipinski definition) is 1. The quantitative estimate of drug-likeness (QED) is 0.641. The normalized spacial score (nSPS) is 11.1. The van der Waals surface area contributed by atoms with Gasteiger partial charge in [0.2, 0.25) is 0 Å². The Morgan fingerprint density at radius 1 is 1.36 bits per heavy atom. The van der Waals surface area contributed by atoms with Gasteiger partial charge in [-0.15, -0.1) is 0 Å². The number of rotatable bonds is 3. The van der Waals surface area contributed by atoms with Crippen LogP contribution in [0.25, 0.3) is 5.57 Å². The molecule has 0 spiro atoms. The van der Waals surface area contributed by atoms with Gasteiger partial charge in [-0.3, -0.25) is 0 Å². The molecule has 0 amide bonds. The Balaban J connectivity index is 3.28. The minimum atomic E-state index is 0.737. The van der Waals surface area contributed by atoms with Crippen LogP contribution < -0.4 is 5.73 Å². The van der Waals surface area contributed by atoms with E-state index in [1.54, 1.807) is 12.2 Å². The average molecular weight is 250 g/mol. The Morgan fingerprint density at radius 3 is 2.64 bits per heavy atom. The molecule has 0 aliphatic carbocycles. The molecular weight excluding hydrogens is 238 g/mol. The van der Waals surface area contributed by atoms with Gasteiger partial charge in [0.25, 0.3) is 0 Å². The van der Waals surface area contributed by atoms with E-state index in [1.807, 2.05) is 24.3 Å². The van der Waals surface area contributed by atoms with E-state index in [-0.39, 0.29) is 0 Å². The van der Waals surface area contributed by atoms with E-state index < -0.39 is 0 Å². The van der Waals surface area contributed by atoms with Crippen molar-refractivity contribution in [2.45, 2.75) is 0 Å². The van der Waals surface area contributed by atoms with E-state index in [0.717, 1.165) is 21.3 Å². The molecule has 1 nitrogen and oxygen atoms in total. The first-order valence-corrected chi connectivity index (χ1v) is 4.99. The molecule has 0 saturated heterocycles. The van der Waals surface area contributed by atoms with E-state index in [1.165, 1.54) is 0 Å². The first-order valence-electron chi connectivity index (χ1n) is 4.19. The highest BCUT2D eigenvalue weighted by Crippen LogP contribution is 2.25. The largest absolute Gasteiger partial charge is 0.398 e. The van der Waals surface area contributed by atoms with E-state index in [0.29, 0.717) is 0 Å². The van der Waals surface area contributed by atoms with Crippen molar-refractivity contribution in [3.8, 4) is 0 Å². The summed E-state index contributed by atoms with van der Waals surface area (Å²) in [7, 11) is 0. The molecule has 0 aliphatic heterocycles. The highest BCUT2D eigenvalue weighted by molar-refractivity contribution is 9.10. The third-order valence-electron chi connectivity index (χ3n) is 1.84. The lowest BCUT2D eigenvalue weighted by atomic mass is 10.0. The molecule has 0 bridgehead atoms. The molecule has 2 N–H and O–H groups in total. The Morgan fingerprint density at radius 2 is 2.07 bits per heavy atom. The number of nitrogens with two attached hydrogens (primary N) is 1. The van der Waals surface area contributed by atoms with Crippen molar-refractivity contribution in [2.24, 2.45) is 0 Å². The smallest absolute Gasteiger partial charge is 0.0394 e. The maximum absolute atomic E-state index is 5.85. The third-order valence-corrected chi connectivity index (χ3v) is 2.34. The maximum Gasteiger partial charge on any atom is 0.0394 e. The molecule has 0 unspecified atom stereocenters. The van der Waals surface area contributed by atoms with Crippen LogP contribution in [0.15, 0.2) is 54.1 Å². The molecule has 0 atom stereocenters. The van der Waals surface area contributed by atoms with Gasteiger partial charge < -0.3 is 5.73 Å². The summed E-state index contributed by atoms with van der Waals surface area (Å²) in [5.41, 5.74) is 8.53. The van der Waals surface area contributed by atoms with E-state index in [2.05, 4.69) is 29.1 Å². The fourth-order valence-electron chi connectivity index (χ4n) is 1.17. The van der Waals surface area contributed by atoms with Crippen molar-refractivity contribution in [1.82, 2.24) is 0 Å². The van der Waals surface area contributed by atoms with Crippen LogP contribution in [0, 0.1) is 0 Å². The van der Waals surface area contributed by atoms with E-state index in [4.69, 9.17) is 5.73 Å². The molecule has 0 saturated carbocycles. The Hall–Kier alpha value is -1.28. The van der Waals surface area contributed by atoms with Crippen molar-refractivity contribution in [1.29, 1.82) is 0 Å². The van der Waals surface area contributed by atoms with E-state index >= 15 is 0 Å². The second-order valence-electron chi connectivity index (χ2n) is 2.79. The van der Waals surface area contributed by atoms with Gasteiger partial charge in [0, 0.05) is 15.7 Å². The number of hydrogen-bond donors (Lipinski definition) is 1. The van der Waals surface area contributed by atoms with Crippen LogP contribution in [0.4, 0.5) is 5.69 Å². The third kappa shape index (κ3) is 2.36. The van der Waals surface area contributed by atoms with Crippen LogP contribution in [-0.4, -0.2) is 0 Å². The summed E-state index contributed by atoms with van der Waals surface area (Å²) in [4.78, 5) is 0. The molecule has 1 rings (SSSR count). The molecule has 0 fully saturated rings. The van der Waals surface area contributed by atoms with Crippen LogP contribution >= 0.6 is 15.9 Å². The summed E-state index contributed by atoms with van der Waals surface area (Å²) < 4.78 is 0.999. The zero-order valence-corrected chi connectivity index (χ0v) is 9.42. The zero-order chi connectivity index (χ0) is 10.6. The van der Waals surface area contributed by atoms with Gasteiger partial charge >= 0.3 is 0 Å². The number of nitrogen functional groups attached to an aromatic ring is 1. The standard InChI is InChI=1S/C12H12BrN/c1-3-5-9(4-2)11-8-10(13)6-7-12(11)14/h3-8H,1-2,14H2/b9-5+. The van der Waals surface area contributed by atoms with Crippen molar-refractivity contribution in [3.63, 3.8) is 0 Å². The lowest BCUT2D eigenvalue weighted by Crippen LogP contribution is -1.92. The lowest BCUT2D eigenvalue weighted by Gasteiger charge is -2.06. The first-order chi connectivity index (χ1) is 6.69. The first kappa shape index (κ1) is 10.8. The summed E-state index contributed by atoms with van der Waals surface area (Å²) >= 11 is 3.40. The summed E-state index contributed by atoms with van der Waals surface area (Å²) in [6, 6.07) is 5.74. The topological polar surface area (TPSA) is 26.0 Å². The zero-order valence-electron chi connectivity index (χ0n) is 7.83. The van der Waals surface area contributed by atoms with Gasteiger partial charge in [-0.2, -0.15) is 0 Å². The number of benzene rings is 1. The van der Waals surface area contributed by atoms with Gasteiger partial charge in [0.15, 0.2) is 0 Å². The highest BCUT2D eigenvalue weighted by Gasteiger charge is 2.02. The number of halogens is 1. The van der Waals surface area contributed by atoms with Crippen molar-refractivity contribution < 1.29 is 0 Å². The minimum Gasteiger partial charge on any atom is -0.398 e. The monoisotopic (exact) mass is 249 g/mol. The molecule has 0 aromatic heterocycles. The molecule has 2 heteroatoms. The molecule has 0 aliphatic rings. The van der Waals surface area contributed by atoms with Gasteiger partial charge in [0.05, 0.1) is 0 Å². The summed E-state index contributed by atoms with van der Waals surface area (Å²) in [5, 5.41) is 0. The summed E-state index contributed by atoms with van der Waals surface area (Å²) in [5.74, 6) is 0. The highest BCUT2D eigenvalue weighted by atomic mass is 79.9. The van der Waals surface area contributed by atoms with Crippen LogP contribution in [0.1, 0.15) is 5.56 Å². The van der Waals surface area contributed by atoms with Crippen LogP contribution in [-0.2, 0) is 0 Å². The van der Waals surface area contributed by atoms with Crippen molar-refractivity contribution in [3.05, 3.63) is 59.6 Å². The second kappa shape index (κ2) is 4.82. The van der Waals surface area contributed by atoms with Crippen molar-refractivity contribution in [2.75, 3.05) is 5.73 Å². The molecular formula is C12H12BrN. The maximum atomic E-state index is 5.85. The minimum absolute atomic E-state index is 0.737. The molecule has 0 heterocycles. The summed E-state index contributed by atoms with van der Waals surface area (Å²) in [6.07, 6.45) is 5.36. The molecule has 1 aromatic rings. The lowest BCUT2D eigenvalue weighted by molar-refractivity contribution is 1.57. The second-order valence-corrected chi connectivity index (χ2v) is 3.71. The van der Waals surface area contributed by atoms with Crippen LogP contribution in [0.2, 0.25) is 0 Å². The SMILES string of the molecule is C=C/C=C(\C=C)c1cc(Br)ccc1N. The predicted molar refractivity (Wildman–Crippen MR) is 66.9 cm³/mol. The Kier molecular flexibility index (Phi) is 3.72. The molecule has 72 valence electrons. The molecule has 1 aromatic carbocycles. The fraction of sp³-hybridized carbons (Fsp3) is 0. The Labute approximate surface area is 92.8 Å². The van der Waals surface area contributed by atoms with Crippen molar-refractivity contribution >= 4 is 27.2 Å². The van der Waals surface area contributed by atoms with Gasteiger partial charge in [0.1, 0.15) is 0 Å². The van der Waals surface area contributed by atoms with Crippen LogP contribution in [0.5, 0.6) is 0 Å². The number of allylic oxidation sites excluding steroid dienone is 4. The van der Waals surface area contributed by atoms with Gasteiger partial charge in [-0.25, -0.2) is 0 Å². The summed E-state index contributed by atoms with van der Waals surface area (Å²) in [6.45, 7) is 7.39. The van der Waals surface area contributed by atoms with E-state index in [9.17, 15) is 0 Å². The molecule has 14 heavy (non-hydrogen) atoms. The molecule has 0 radical (unpaired) electrons. The number of anilines is 1.